The van der Waals surface area contributed by atoms with E-state index in [0.29, 0.717) is 19.8 Å². The predicted octanol–water partition coefficient (Wildman–Crippen LogP) is 1.85. The number of carbonyl (C=O) groups excluding carboxylic acids is 1. The standard InChI is InChI=1S/C14H16O3/c15-14-11-4-2-1-3-10(11)5-6-12(14)13-9-16-7-8-17-13/h1-4,12-13H,5-9H2. The summed E-state index contributed by atoms with van der Waals surface area (Å²) in [5.74, 6) is 0.201. The Morgan fingerprint density at radius 1 is 1.18 bits per heavy atom. The third-order valence-electron chi connectivity index (χ3n) is 3.63. The van der Waals surface area contributed by atoms with Gasteiger partial charge in [-0.1, -0.05) is 24.3 Å². The summed E-state index contributed by atoms with van der Waals surface area (Å²) in [5, 5.41) is 0. The average molecular weight is 232 g/mol. The van der Waals surface area contributed by atoms with E-state index in [1.54, 1.807) is 0 Å². The van der Waals surface area contributed by atoms with Crippen molar-refractivity contribution in [1.29, 1.82) is 0 Å². The zero-order valence-corrected chi connectivity index (χ0v) is 9.72. The Morgan fingerprint density at radius 2 is 2.06 bits per heavy atom. The molecular formula is C14H16O3. The zero-order chi connectivity index (χ0) is 11.7. The molecule has 0 spiro atoms. The van der Waals surface area contributed by atoms with Crippen molar-refractivity contribution in [3.05, 3.63) is 35.4 Å². The minimum absolute atomic E-state index is 0.0230. The Labute approximate surface area is 101 Å². The van der Waals surface area contributed by atoms with Crippen molar-refractivity contribution in [2.45, 2.75) is 18.9 Å². The molecule has 0 saturated carbocycles. The van der Waals surface area contributed by atoms with Crippen molar-refractivity contribution in [3.63, 3.8) is 0 Å². The Bertz CT molecular complexity index is 421. The number of Topliss-reactive ketones (excluding diaryl/α,β-unsaturated/α-hetero) is 1. The van der Waals surface area contributed by atoms with Crippen LogP contribution in [-0.4, -0.2) is 31.7 Å². The lowest BCUT2D eigenvalue weighted by Gasteiger charge is -2.32. The Balaban J connectivity index is 1.83. The second-order valence-electron chi connectivity index (χ2n) is 4.65. The van der Waals surface area contributed by atoms with Crippen molar-refractivity contribution in [2.24, 2.45) is 5.92 Å². The van der Waals surface area contributed by atoms with Crippen LogP contribution in [0.5, 0.6) is 0 Å². The van der Waals surface area contributed by atoms with Gasteiger partial charge in [0.05, 0.1) is 31.8 Å². The quantitative estimate of drug-likeness (QED) is 0.741. The van der Waals surface area contributed by atoms with Crippen LogP contribution < -0.4 is 0 Å². The van der Waals surface area contributed by atoms with E-state index in [0.717, 1.165) is 18.4 Å². The highest BCUT2D eigenvalue weighted by molar-refractivity contribution is 6.00. The van der Waals surface area contributed by atoms with Crippen molar-refractivity contribution < 1.29 is 14.3 Å². The molecule has 2 atom stereocenters. The van der Waals surface area contributed by atoms with Gasteiger partial charge in [-0.3, -0.25) is 4.79 Å². The Morgan fingerprint density at radius 3 is 2.88 bits per heavy atom. The second kappa shape index (κ2) is 4.59. The number of rotatable bonds is 1. The van der Waals surface area contributed by atoms with Gasteiger partial charge in [0.25, 0.3) is 0 Å². The maximum atomic E-state index is 12.4. The zero-order valence-electron chi connectivity index (χ0n) is 9.72. The van der Waals surface area contributed by atoms with Crippen LogP contribution in [0.2, 0.25) is 0 Å². The van der Waals surface area contributed by atoms with Crippen LogP contribution in [-0.2, 0) is 15.9 Å². The molecule has 3 nitrogen and oxygen atoms in total. The molecule has 0 radical (unpaired) electrons. The third kappa shape index (κ3) is 2.01. The molecule has 2 aliphatic rings. The van der Waals surface area contributed by atoms with E-state index >= 15 is 0 Å². The first-order chi connectivity index (χ1) is 8.36. The number of ketones is 1. The maximum Gasteiger partial charge on any atom is 0.168 e. The molecule has 1 heterocycles. The normalized spacial score (nSPS) is 28.8. The minimum atomic E-state index is -0.0513. The van der Waals surface area contributed by atoms with E-state index in [-0.39, 0.29) is 17.8 Å². The molecule has 1 aromatic rings. The van der Waals surface area contributed by atoms with E-state index in [4.69, 9.17) is 9.47 Å². The highest BCUT2D eigenvalue weighted by Crippen LogP contribution is 2.29. The van der Waals surface area contributed by atoms with E-state index in [2.05, 4.69) is 0 Å². The summed E-state index contributed by atoms with van der Waals surface area (Å²) in [6.07, 6.45) is 1.79. The fourth-order valence-corrected chi connectivity index (χ4v) is 2.71. The van der Waals surface area contributed by atoms with Gasteiger partial charge in [-0.25, -0.2) is 0 Å². The molecule has 2 unspecified atom stereocenters. The Hall–Kier alpha value is -1.19. The summed E-state index contributed by atoms with van der Waals surface area (Å²) in [6, 6.07) is 7.89. The predicted molar refractivity (Wildman–Crippen MR) is 63.1 cm³/mol. The van der Waals surface area contributed by atoms with Gasteiger partial charge in [-0.15, -0.1) is 0 Å². The maximum absolute atomic E-state index is 12.4. The number of benzene rings is 1. The monoisotopic (exact) mass is 232 g/mol. The lowest BCUT2D eigenvalue weighted by Crippen LogP contribution is -2.41. The van der Waals surface area contributed by atoms with E-state index < -0.39 is 0 Å². The summed E-state index contributed by atoms with van der Waals surface area (Å²) < 4.78 is 11.1. The van der Waals surface area contributed by atoms with Gasteiger partial charge in [0.1, 0.15) is 0 Å². The SMILES string of the molecule is O=C1c2ccccc2CCC1C1COCCO1. The van der Waals surface area contributed by atoms with Crippen LogP contribution in [0.15, 0.2) is 24.3 Å². The van der Waals surface area contributed by atoms with Gasteiger partial charge in [0.2, 0.25) is 0 Å². The molecule has 1 aliphatic heterocycles. The lowest BCUT2D eigenvalue weighted by atomic mass is 9.80. The summed E-state index contributed by atoms with van der Waals surface area (Å²) in [5.41, 5.74) is 2.04. The number of fused-ring (bicyclic) bond motifs is 1. The minimum Gasteiger partial charge on any atom is -0.376 e. The first kappa shape index (κ1) is 10.9. The lowest BCUT2D eigenvalue weighted by molar-refractivity contribution is -0.105. The number of ether oxygens (including phenoxy) is 2. The summed E-state index contributed by atoms with van der Waals surface area (Å²) >= 11 is 0. The number of hydrogen-bond acceptors (Lipinski definition) is 3. The van der Waals surface area contributed by atoms with Crippen molar-refractivity contribution >= 4 is 5.78 Å². The number of carbonyl (C=O) groups is 1. The molecule has 0 bridgehead atoms. The molecule has 0 N–H and O–H groups in total. The van der Waals surface area contributed by atoms with Crippen LogP contribution in [0.1, 0.15) is 22.3 Å². The van der Waals surface area contributed by atoms with Gasteiger partial charge in [0, 0.05) is 5.56 Å². The summed E-state index contributed by atoms with van der Waals surface area (Å²) in [6.45, 7) is 1.81. The van der Waals surface area contributed by atoms with Crippen LogP contribution in [0.25, 0.3) is 0 Å². The summed E-state index contributed by atoms with van der Waals surface area (Å²) in [7, 11) is 0. The second-order valence-corrected chi connectivity index (χ2v) is 4.65. The Kier molecular flexibility index (Phi) is 2.95. The smallest absolute Gasteiger partial charge is 0.168 e. The van der Waals surface area contributed by atoms with Crippen molar-refractivity contribution in [1.82, 2.24) is 0 Å². The molecule has 0 amide bonds. The topological polar surface area (TPSA) is 35.5 Å². The molecule has 1 aliphatic carbocycles. The highest BCUT2D eigenvalue weighted by Gasteiger charge is 2.35. The van der Waals surface area contributed by atoms with Gasteiger partial charge in [-0.2, -0.15) is 0 Å². The van der Waals surface area contributed by atoms with Gasteiger partial charge < -0.3 is 9.47 Å². The molecule has 3 rings (SSSR count). The van der Waals surface area contributed by atoms with Gasteiger partial charge in [0.15, 0.2) is 5.78 Å². The average Bonchev–Trinajstić information content (AvgIpc) is 2.40. The molecule has 90 valence electrons. The van der Waals surface area contributed by atoms with E-state index in [9.17, 15) is 4.79 Å². The van der Waals surface area contributed by atoms with E-state index in [1.165, 1.54) is 5.56 Å². The molecular weight excluding hydrogens is 216 g/mol. The van der Waals surface area contributed by atoms with Crippen molar-refractivity contribution in [3.8, 4) is 0 Å². The first-order valence-corrected chi connectivity index (χ1v) is 6.18. The fraction of sp³-hybridized carbons (Fsp3) is 0.500. The largest absolute Gasteiger partial charge is 0.376 e. The van der Waals surface area contributed by atoms with Gasteiger partial charge >= 0.3 is 0 Å². The molecule has 1 saturated heterocycles. The van der Waals surface area contributed by atoms with Crippen molar-refractivity contribution in [2.75, 3.05) is 19.8 Å². The molecule has 1 fully saturated rings. The van der Waals surface area contributed by atoms with Crippen LogP contribution >= 0.6 is 0 Å². The molecule has 0 aromatic heterocycles. The summed E-state index contributed by atoms with van der Waals surface area (Å²) in [4.78, 5) is 12.4. The molecule has 17 heavy (non-hydrogen) atoms. The highest BCUT2D eigenvalue weighted by atomic mass is 16.6. The van der Waals surface area contributed by atoms with Crippen LogP contribution in [0.4, 0.5) is 0 Å². The molecule has 3 heteroatoms. The van der Waals surface area contributed by atoms with Gasteiger partial charge in [-0.05, 0) is 18.4 Å². The third-order valence-corrected chi connectivity index (χ3v) is 3.63. The fourth-order valence-electron chi connectivity index (χ4n) is 2.71. The number of hydrogen-bond donors (Lipinski definition) is 0. The molecule has 1 aromatic carbocycles. The van der Waals surface area contributed by atoms with Crippen LogP contribution in [0, 0.1) is 5.92 Å². The van der Waals surface area contributed by atoms with Crippen LogP contribution in [0.3, 0.4) is 0 Å². The number of aryl methyl sites for hydroxylation is 1. The first-order valence-electron chi connectivity index (χ1n) is 6.18. The van der Waals surface area contributed by atoms with E-state index in [1.807, 2.05) is 24.3 Å².